The van der Waals surface area contributed by atoms with E-state index in [2.05, 4.69) is 9.97 Å². The highest BCUT2D eigenvalue weighted by Gasteiger charge is 2.02. The van der Waals surface area contributed by atoms with Gasteiger partial charge in [-0.05, 0) is 46.4 Å². The van der Waals surface area contributed by atoms with E-state index >= 15 is 0 Å². The van der Waals surface area contributed by atoms with Crippen LogP contribution in [0, 0.1) is 0 Å². The third-order valence-electron chi connectivity index (χ3n) is 3.26. The Kier molecular flexibility index (Phi) is 12.1. The van der Waals surface area contributed by atoms with Crippen molar-refractivity contribution in [3.8, 4) is 11.6 Å². The molecule has 12 nitrogen and oxygen atoms in total. The molecule has 0 amide bonds. The predicted octanol–water partition coefficient (Wildman–Crippen LogP) is 0.726. The lowest BCUT2D eigenvalue weighted by Gasteiger charge is -2.06. The molecule has 4 rings (SSSR count). The summed E-state index contributed by atoms with van der Waals surface area (Å²) in [5.41, 5.74) is 0. The maximum absolute atomic E-state index is 8.74. The molecule has 0 atom stereocenters. The first-order valence-corrected chi connectivity index (χ1v) is 11.8. The zero-order valence-electron chi connectivity index (χ0n) is 17.3. The molecule has 2 N–H and O–H groups in total. The summed E-state index contributed by atoms with van der Waals surface area (Å²) in [5, 5.41) is 0. The van der Waals surface area contributed by atoms with Gasteiger partial charge in [-0.3, -0.25) is 17.5 Å². The maximum Gasteiger partial charge on any atom is 0.394 e. The lowest BCUT2D eigenvalue weighted by Crippen LogP contribution is -2.29. The van der Waals surface area contributed by atoms with Gasteiger partial charge in [0, 0.05) is 22.5 Å². The second-order valence-electron chi connectivity index (χ2n) is 5.80. The highest BCUT2D eigenvalue weighted by molar-refractivity contribution is 7.80. The second kappa shape index (κ2) is 14.5. The summed E-state index contributed by atoms with van der Waals surface area (Å²) in [6, 6.07) is 23.6. The molecule has 0 aliphatic heterocycles. The van der Waals surface area contributed by atoms with Crippen molar-refractivity contribution in [2.75, 3.05) is 0 Å². The first-order chi connectivity index (χ1) is 15.9. The minimum absolute atomic E-state index is 0.943. The van der Waals surface area contributed by atoms with Crippen LogP contribution < -0.4 is 9.13 Å². The van der Waals surface area contributed by atoms with Gasteiger partial charge in [-0.2, -0.15) is 8.42 Å². The predicted molar refractivity (Wildman–Crippen MR) is 116 cm³/mol. The summed E-state index contributed by atoms with van der Waals surface area (Å²) in [6.45, 7) is 0. The number of nitrogens with zero attached hydrogens (tertiary/aromatic N) is 4. The molecule has 0 saturated heterocycles. The molecule has 0 fully saturated rings. The Bertz CT molecular complexity index is 1100. The maximum atomic E-state index is 8.74. The van der Waals surface area contributed by atoms with Crippen molar-refractivity contribution in [1.82, 2.24) is 9.97 Å². The fourth-order valence-electron chi connectivity index (χ4n) is 2.12. The van der Waals surface area contributed by atoms with Gasteiger partial charge in [0.15, 0.2) is 0 Å². The van der Waals surface area contributed by atoms with Crippen LogP contribution in [0.5, 0.6) is 0 Å². The van der Waals surface area contributed by atoms with Crippen LogP contribution in [0.25, 0.3) is 11.6 Å². The largest absolute Gasteiger partial charge is 0.759 e. The van der Waals surface area contributed by atoms with E-state index in [4.69, 9.17) is 35.0 Å². The molecule has 0 aromatic carbocycles. The highest BCUT2D eigenvalue weighted by Crippen LogP contribution is 1.92. The van der Waals surface area contributed by atoms with Crippen LogP contribution in [-0.2, 0) is 20.8 Å². The van der Waals surface area contributed by atoms with Gasteiger partial charge >= 0.3 is 22.0 Å². The van der Waals surface area contributed by atoms with E-state index in [1.807, 2.05) is 107 Å². The van der Waals surface area contributed by atoms with Gasteiger partial charge in [0.05, 0.1) is 24.8 Å². The topological polar surface area (TPSA) is 188 Å². The minimum Gasteiger partial charge on any atom is -0.759 e. The Labute approximate surface area is 196 Å². The molecule has 0 spiro atoms. The number of pyridine rings is 4. The number of hydrogen-bond donors (Lipinski definition) is 2. The van der Waals surface area contributed by atoms with Crippen molar-refractivity contribution in [2.45, 2.75) is 0 Å². The van der Waals surface area contributed by atoms with Crippen LogP contribution in [-0.4, -0.2) is 45.0 Å². The van der Waals surface area contributed by atoms with Crippen LogP contribution in [0.2, 0.25) is 0 Å². The Morgan fingerprint density at radius 2 is 0.882 bits per heavy atom. The standard InChI is InChI=1S/2C10H9N2.2H2O4S/c2*1-4-8-12(9-5-1)10-6-2-3-7-11-10;2*1-5(2,3)4/h2*1-9H;2*(H2,1,2,3,4)/q2*+1;;/p-2. The van der Waals surface area contributed by atoms with E-state index in [-0.39, 0.29) is 0 Å². The Hall–Kier alpha value is -3.66. The average Bonchev–Trinajstić information content (AvgIpc) is 2.80. The van der Waals surface area contributed by atoms with Crippen molar-refractivity contribution in [3.05, 3.63) is 110 Å². The molecule has 14 heteroatoms. The van der Waals surface area contributed by atoms with Crippen LogP contribution >= 0.6 is 0 Å². The van der Waals surface area contributed by atoms with E-state index in [1.54, 1.807) is 12.4 Å². The van der Waals surface area contributed by atoms with Crippen molar-refractivity contribution in [2.24, 2.45) is 0 Å². The van der Waals surface area contributed by atoms with Crippen LogP contribution in [0.3, 0.4) is 0 Å². The molecule has 4 aromatic rings. The first-order valence-electron chi connectivity index (χ1n) is 9.05. The van der Waals surface area contributed by atoms with E-state index in [0.717, 1.165) is 11.6 Å². The van der Waals surface area contributed by atoms with E-state index < -0.39 is 20.8 Å². The van der Waals surface area contributed by atoms with Gasteiger partial charge in [0.25, 0.3) is 0 Å². The summed E-state index contributed by atoms with van der Waals surface area (Å²) in [4.78, 5) is 8.42. The number of hydrogen-bond acceptors (Lipinski definition) is 8. The summed E-state index contributed by atoms with van der Waals surface area (Å²) in [5.74, 6) is 1.89. The quantitative estimate of drug-likeness (QED) is 0.222. The van der Waals surface area contributed by atoms with Crippen molar-refractivity contribution in [1.29, 1.82) is 0 Å². The van der Waals surface area contributed by atoms with Crippen molar-refractivity contribution in [3.63, 3.8) is 0 Å². The summed E-state index contributed by atoms with van der Waals surface area (Å²) >= 11 is 0. The summed E-state index contributed by atoms with van der Waals surface area (Å²) in [6.07, 6.45) is 11.5. The fraction of sp³-hybridized carbons (Fsp3) is 0. The molecule has 34 heavy (non-hydrogen) atoms. The first kappa shape index (κ1) is 28.4. The Balaban J connectivity index is 0.000000248. The van der Waals surface area contributed by atoms with E-state index in [0.29, 0.717) is 0 Å². The highest BCUT2D eigenvalue weighted by atomic mass is 32.3. The number of rotatable bonds is 2. The monoisotopic (exact) mass is 508 g/mol. The van der Waals surface area contributed by atoms with Gasteiger partial charge in [0.1, 0.15) is 12.4 Å². The normalized spacial score (nSPS) is 10.2. The lowest BCUT2D eigenvalue weighted by atomic mass is 10.4. The molecule has 0 bridgehead atoms. The molecule has 0 saturated carbocycles. The molecule has 0 radical (unpaired) electrons. The molecule has 4 heterocycles. The molecule has 0 aliphatic rings. The SMILES string of the molecule is O=S(=O)(O)O.O=S(=O)([O-])[O-].c1cc[n+](-c2ccccn2)cc1.c1cc[n+](-c2ccccn2)cc1. The summed E-state index contributed by atoms with van der Waals surface area (Å²) < 4.78 is 69.6. The molecule has 0 unspecified atom stereocenters. The van der Waals surface area contributed by atoms with Gasteiger partial charge in [-0.1, -0.05) is 24.3 Å². The van der Waals surface area contributed by atoms with Gasteiger partial charge < -0.3 is 9.11 Å². The minimum atomic E-state index is -5.17. The molecule has 4 aromatic heterocycles. The fourth-order valence-corrected chi connectivity index (χ4v) is 2.12. The van der Waals surface area contributed by atoms with Crippen LogP contribution in [0.4, 0.5) is 0 Å². The van der Waals surface area contributed by atoms with Gasteiger partial charge in [-0.25, -0.2) is 9.13 Å². The van der Waals surface area contributed by atoms with Crippen LogP contribution in [0.15, 0.2) is 110 Å². The smallest absolute Gasteiger partial charge is 0.394 e. The Morgan fingerprint density at radius 1 is 0.588 bits per heavy atom. The average molecular weight is 509 g/mol. The third-order valence-corrected chi connectivity index (χ3v) is 3.26. The Morgan fingerprint density at radius 3 is 1.12 bits per heavy atom. The van der Waals surface area contributed by atoms with E-state index in [1.165, 1.54) is 0 Å². The zero-order chi connectivity index (χ0) is 25.5. The van der Waals surface area contributed by atoms with Gasteiger partial charge in [-0.15, -0.1) is 0 Å². The van der Waals surface area contributed by atoms with Crippen molar-refractivity contribution < 1.29 is 44.2 Å². The summed E-state index contributed by atoms with van der Waals surface area (Å²) in [7, 11) is -9.83. The lowest BCUT2D eigenvalue weighted by molar-refractivity contribution is -0.599. The van der Waals surface area contributed by atoms with E-state index in [9.17, 15) is 0 Å². The van der Waals surface area contributed by atoms with Crippen LogP contribution in [0.1, 0.15) is 0 Å². The molecule has 0 aliphatic carbocycles. The molecular weight excluding hydrogens is 488 g/mol. The molecular formula is C20H20N4O8S2. The van der Waals surface area contributed by atoms with Crippen molar-refractivity contribution >= 4 is 20.8 Å². The van der Waals surface area contributed by atoms with Gasteiger partial charge in [0.2, 0.25) is 0 Å². The second-order valence-corrected chi connectivity index (χ2v) is 7.51. The zero-order valence-corrected chi connectivity index (χ0v) is 19.0. The number of aromatic nitrogens is 4. The third kappa shape index (κ3) is 16.0. The molecule has 180 valence electrons.